The van der Waals surface area contributed by atoms with Crippen molar-refractivity contribution in [2.75, 3.05) is 5.73 Å². The van der Waals surface area contributed by atoms with Gasteiger partial charge in [-0.1, -0.05) is 24.6 Å². The number of hydrogen-bond donors (Lipinski definition) is 1. The van der Waals surface area contributed by atoms with Crippen molar-refractivity contribution in [3.8, 4) is 0 Å². The summed E-state index contributed by atoms with van der Waals surface area (Å²) < 4.78 is 5.96. The minimum atomic E-state index is -1.08. The molecule has 4 aliphatic carbocycles. The molecule has 0 spiro atoms. The number of fused-ring (bicyclic) bond motifs is 4. The lowest BCUT2D eigenvalue weighted by molar-refractivity contribution is -0.182. The first-order valence-corrected chi connectivity index (χ1v) is 12.2. The molecule has 4 unspecified atom stereocenters. The molecule has 0 bridgehead atoms. The molecule has 1 aromatic carbocycles. The van der Waals surface area contributed by atoms with E-state index in [4.69, 9.17) is 10.5 Å². The van der Waals surface area contributed by atoms with Crippen molar-refractivity contribution in [3.63, 3.8) is 0 Å². The fraction of sp³-hybridized carbons (Fsp3) is 0.536. The Balaban J connectivity index is 1.70. The Morgan fingerprint density at radius 2 is 1.79 bits per heavy atom. The summed E-state index contributed by atoms with van der Waals surface area (Å²) >= 11 is 0. The van der Waals surface area contributed by atoms with Crippen molar-refractivity contribution in [1.82, 2.24) is 0 Å². The topological polar surface area (TPSA) is 86.5 Å². The molecule has 0 heterocycles. The molecular weight excluding hydrogens is 414 g/mol. The Morgan fingerprint density at radius 1 is 1.06 bits per heavy atom. The maximum atomic E-state index is 13.1. The molecule has 4 aliphatic rings. The predicted molar refractivity (Wildman–Crippen MR) is 126 cm³/mol. The van der Waals surface area contributed by atoms with Crippen molar-refractivity contribution in [1.29, 1.82) is 0 Å². The van der Waals surface area contributed by atoms with E-state index in [-0.39, 0.29) is 29.4 Å². The van der Waals surface area contributed by atoms with Crippen molar-refractivity contribution < 1.29 is 19.1 Å². The number of carbonyl (C=O) groups excluding carboxylic acids is 3. The molecule has 33 heavy (non-hydrogen) atoms. The van der Waals surface area contributed by atoms with Gasteiger partial charge in [-0.05, 0) is 92.2 Å². The third-order valence-corrected chi connectivity index (χ3v) is 9.08. The zero-order chi connectivity index (χ0) is 23.5. The molecule has 5 rings (SSSR count). The quantitative estimate of drug-likeness (QED) is 0.517. The monoisotopic (exact) mass is 447 g/mol. The SMILES string of the molecule is CC(=O)O[C@]1(C(C)=O)CCC2C3CCC4=CC(=O)CCC4=C3C(c3ccc(N)cc3)CC21C. The fourth-order valence-corrected chi connectivity index (χ4v) is 7.74. The highest BCUT2D eigenvalue weighted by atomic mass is 16.6. The lowest BCUT2D eigenvalue weighted by atomic mass is 9.50. The minimum absolute atomic E-state index is 0.0467. The number of carbonyl (C=O) groups is 3. The number of Topliss-reactive ketones (excluding diaryl/α,β-unsaturated/α-hetero) is 1. The van der Waals surface area contributed by atoms with E-state index in [1.165, 1.54) is 29.2 Å². The van der Waals surface area contributed by atoms with Crippen LogP contribution in [0.3, 0.4) is 0 Å². The van der Waals surface area contributed by atoms with Crippen LogP contribution in [0.2, 0.25) is 0 Å². The van der Waals surface area contributed by atoms with E-state index in [9.17, 15) is 14.4 Å². The number of benzene rings is 1. The first-order chi connectivity index (χ1) is 15.7. The Hall–Kier alpha value is -2.69. The van der Waals surface area contributed by atoms with Gasteiger partial charge in [-0.25, -0.2) is 0 Å². The Kier molecular flexibility index (Phi) is 5.15. The Labute approximate surface area is 195 Å². The molecular formula is C28H33NO4. The van der Waals surface area contributed by atoms with Crippen LogP contribution in [0, 0.1) is 17.3 Å². The van der Waals surface area contributed by atoms with Crippen LogP contribution < -0.4 is 5.73 Å². The predicted octanol–water partition coefficient (Wildman–Crippen LogP) is 5.06. The zero-order valence-electron chi connectivity index (χ0n) is 19.8. The summed E-state index contributed by atoms with van der Waals surface area (Å²) in [6.07, 6.45) is 7.29. The fourth-order valence-electron chi connectivity index (χ4n) is 7.74. The van der Waals surface area contributed by atoms with Crippen LogP contribution in [0.4, 0.5) is 5.69 Å². The van der Waals surface area contributed by atoms with Gasteiger partial charge in [0.2, 0.25) is 0 Å². The smallest absolute Gasteiger partial charge is 0.303 e. The van der Waals surface area contributed by atoms with Crippen LogP contribution >= 0.6 is 0 Å². The second kappa shape index (κ2) is 7.68. The number of esters is 1. The molecule has 0 aliphatic heterocycles. The molecule has 0 aromatic heterocycles. The number of allylic oxidation sites excluding steroid dienone is 4. The van der Waals surface area contributed by atoms with E-state index in [1.807, 2.05) is 18.2 Å². The van der Waals surface area contributed by atoms with E-state index >= 15 is 0 Å². The zero-order valence-corrected chi connectivity index (χ0v) is 19.8. The maximum Gasteiger partial charge on any atom is 0.303 e. The average molecular weight is 448 g/mol. The summed E-state index contributed by atoms with van der Waals surface area (Å²) in [5, 5.41) is 0. The van der Waals surface area contributed by atoms with Gasteiger partial charge in [-0.15, -0.1) is 0 Å². The highest BCUT2D eigenvalue weighted by molar-refractivity contribution is 5.93. The van der Waals surface area contributed by atoms with E-state index in [1.54, 1.807) is 6.92 Å². The molecule has 5 atom stereocenters. The molecule has 0 saturated heterocycles. The molecule has 0 radical (unpaired) electrons. The second-order valence-corrected chi connectivity index (χ2v) is 10.7. The van der Waals surface area contributed by atoms with Crippen molar-refractivity contribution in [2.45, 2.75) is 77.2 Å². The number of hydrogen-bond acceptors (Lipinski definition) is 5. The highest BCUT2D eigenvalue weighted by Gasteiger charge is 2.67. The second-order valence-electron chi connectivity index (χ2n) is 10.7. The third-order valence-electron chi connectivity index (χ3n) is 9.08. The molecule has 2 saturated carbocycles. The standard InChI is InChI=1S/C28H33NO4/c1-16(30)28(33-17(2)31)13-12-25-23-10-6-19-14-21(32)9-11-22(19)26(23)24(15-27(25,28)3)18-4-7-20(29)8-5-18/h4-5,7-8,14,23-25H,6,9-13,15,29H2,1-3H3/t23?,24?,25?,27?,28-/m0/s1. The van der Waals surface area contributed by atoms with Gasteiger partial charge in [0, 0.05) is 30.4 Å². The number of nitrogens with two attached hydrogens (primary N) is 1. The molecule has 174 valence electrons. The third kappa shape index (κ3) is 3.23. The summed E-state index contributed by atoms with van der Waals surface area (Å²) in [5.74, 6) is 0.491. The van der Waals surface area contributed by atoms with E-state index in [2.05, 4.69) is 19.1 Å². The Morgan fingerprint density at radius 3 is 2.45 bits per heavy atom. The molecule has 2 N–H and O–H groups in total. The highest BCUT2D eigenvalue weighted by Crippen LogP contribution is 2.67. The van der Waals surface area contributed by atoms with Crippen molar-refractivity contribution in [2.24, 2.45) is 17.3 Å². The molecule has 5 heteroatoms. The van der Waals surface area contributed by atoms with Gasteiger partial charge in [0.1, 0.15) is 0 Å². The van der Waals surface area contributed by atoms with E-state index in [0.29, 0.717) is 18.8 Å². The van der Waals surface area contributed by atoms with Crippen LogP contribution in [0.15, 0.2) is 47.1 Å². The summed E-state index contributed by atoms with van der Waals surface area (Å²) in [4.78, 5) is 37.5. The summed E-state index contributed by atoms with van der Waals surface area (Å²) in [5.41, 5.74) is 10.4. The summed E-state index contributed by atoms with van der Waals surface area (Å²) in [6.45, 7) is 5.17. The normalized spacial score (nSPS) is 35.3. The largest absolute Gasteiger partial charge is 0.451 e. The van der Waals surface area contributed by atoms with E-state index in [0.717, 1.165) is 37.8 Å². The maximum absolute atomic E-state index is 13.1. The molecule has 0 amide bonds. The van der Waals surface area contributed by atoms with Gasteiger partial charge in [0.15, 0.2) is 17.2 Å². The average Bonchev–Trinajstić information content (AvgIpc) is 3.06. The van der Waals surface area contributed by atoms with Gasteiger partial charge in [-0.2, -0.15) is 0 Å². The Bertz CT molecular complexity index is 1100. The van der Waals surface area contributed by atoms with Gasteiger partial charge in [0.25, 0.3) is 0 Å². The summed E-state index contributed by atoms with van der Waals surface area (Å²) in [6, 6.07) is 8.06. The molecule has 1 aromatic rings. The van der Waals surface area contributed by atoms with Crippen LogP contribution in [-0.2, 0) is 19.1 Å². The minimum Gasteiger partial charge on any atom is -0.451 e. The van der Waals surface area contributed by atoms with Gasteiger partial charge < -0.3 is 10.5 Å². The van der Waals surface area contributed by atoms with Crippen LogP contribution in [-0.4, -0.2) is 23.1 Å². The molecule has 5 nitrogen and oxygen atoms in total. The van der Waals surface area contributed by atoms with Crippen LogP contribution in [0.1, 0.15) is 77.2 Å². The first kappa shape index (κ1) is 22.1. The number of ether oxygens (including phenoxy) is 1. The lowest BCUT2D eigenvalue weighted by Gasteiger charge is -2.55. The van der Waals surface area contributed by atoms with Gasteiger partial charge >= 0.3 is 5.97 Å². The van der Waals surface area contributed by atoms with Crippen molar-refractivity contribution >= 4 is 23.2 Å². The molecule has 2 fully saturated rings. The van der Waals surface area contributed by atoms with Crippen molar-refractivity contribution in [3.05, 3.63) is 52.6 Å². The number of ketones is 2. The number of anilines is 1. The van der Waals surface area contributed by atoms with Crippen LogP contribution in [0.25, 0.3) is 0 Å². The summed E-state index contributed by atoms with van der Waals surface area (Å²) in [7, 11) is 0. The number of rotatable bonds is 3. The first-order valence-electron chi connectivity index (χ1n) is 12.2. The van der Waals surface area contributed by atoms with E-state index < -0.39 is 11.0 Å². The van der Waals surface area contributed by atoms with Gasteiger partial charge in [-0.3, -0.25) is 14.4 Å². The van der Waals surface area contributed by atoms with Gasteiger partial charge in [0.05, 0.1) is 0 Å². The lowest BCUT2D eigenvalue weighted by Crippen LogP contribution is -2.57. The number of nitrogen functional groups attached to an aromatic ring is 1. The van der Waals surface area contributed by atoms with Crippen LogP contribution in [0.5, 0.6) is 0 Å².